The third kappa shape index (κ3) is 3.33. The van der Waals surface area contributed by atoms with Crippen LogP contribution >= 0.6 is 0 Å². The van der Waals surface area contributed by atoms with Gasteiger partial charge >= 0.3 is 0 Å². The molecule has 1 unspecified atom stereocenters. The first kappa shape index (κ1) is 18.0. The van der Waals surface area contributed by atoms with Gasteiger partial charge in [-0.25, -0.2) is 0 Å². The van der Waals surface area contributed by atoms with E-state index in [1.54, 1.807) is 6.07 Å². The van der Waals surface area contributed by atoms with E-state index in [9.17, 15) is 5.11 Å². The van der Waals surface area contributed by atoms with Crippen molar-refractivity contribution in [2.75, 3.05) is 13.2 Å². The van der Waals surface area contributed by atoms with E-state index >= 15 is 0 Å². The molecule has 2 aliphatic rings. The minimum Gasteiger partial charge on any atom is -0.508 e. The van der Waals surface area contributed by atoms with Crippen LogP contribution in [-0.2, 0) is 12.8 Å². The van der Waals surface area contributed by atoms with Gasteiger partial charge in [0.15, 0.2) is 0 Å². The van der Waals surface area contributed by atoms with Crippen LogP contribution in [0.1, 0.15) is 55.4 Å². The Balaban J connectivity index is 1.65. The van der Waals surface area contributed by atoms with Crippen molar-refractivity contribution in [3.05, 3.63) is 46.5 Å². The highest BCUT2D eigenvalue weighted by atomic mass is 16.5. The van der Waals surface area contributed by atoms with Gasteiger partial charge in [0.05, 0.1) is 13.2 Å². The van der Waals surface area contributed by atoms with Crippen molar-refractivity contribution in [1.82, 2.24) is 0 Å². The predicted octanol–water partition coefficient (Wildman–Crippen LogP) is 4.92. The Morgan fingerprint density at radius 3 is 2.78 bits per heavy atom. The molecule has 0 bridgehead atoms. The fourth-order valence-corrected chi connectivity index (χ4v) is 4.19. The smallest absolute Gasteiger partial charge is 0.129 e. The van der Waals surface area contributed by atoms with Crippen LogP contribution in [-0.4, -0.2) is 23.9 Å². The zero-order valence-corrected chi connectivity index (χ0v) is 16.6. The molecule has 0 radical (unpaired) electrons. The molecule has 4 nitrogen and oxygen atoms in total. The molecule has 0 fully saturated rings. The van der Waals surface area contributed by atoms with Crippen molar-refractivity contribution in [3.63, 3.8) is 0 Å². The lowest BCUT2D eigenvalue weighted by Crippen LogP contribution is -2.33. The van der Waals surface area contributed by atoms with Gasteiger partial charge in [-0.15, -0.1) is 0 Å². The van der Waals surface area contributed by atoms with Crippen molar-refractivity contribution in [2.45, 2.75) is 58.5 Å². The zero-order valence-electron chi connectivity index (χ0n) is 16.6. The molecule has 2 aromatic carbocycles. The average Bonchev–Trinajstić information content (AvgIpc) is 2.61. The Bertz CT molecular complexity index is 869. The Morgan fingerprint density at radius 1 is 1.22 bits per heavy atom. The number of benzene rings is 2. The minimum atomic E-state index is -0.126. The summed E-state index contributed by atoms with van der Waals surface area (Å²) in [4.78, 5) is 0. The van der Waals surface area contributed by atoms with Crippen LogP contribution < -0.4 is 14.2 Å². The number of fused-ring (bicyclic) bond motifs is 3. The lowest BCUT2D eigenvalue weighted by atomic mass is 9.84. The summed E-state index contributed by atoms with van der Waals surface area (Å²) in [5.74, 6) is 3.07. The highest BCUT2D eigenvalue weighted by Gasteiger charge is 2.33. The molecule has 4 rings (SSSR count). The minimum absolute atomic E-state index is 0.126. The normalized spacial score (nSPS) is 20.1. The Morgan fingerprint density at radius 2 is 2.04 bits per heavy atom. The predicted molar refractivity (Wildman–Crippen MR) is 105 cm³/mol. The lowest BCUT2D eigenvalue weighted by molar-refractivity contribution is 0.0825. The largest absolute Gasteiger partial charge is 0.508 e. The second-order valence-electron chi connectivity index (χ2n) is 8.21. The topological polar surface area (TPSA) is 47.9 Å². The molecular formula is C23H28O4. The summed E-state index contributed by atoms with van der Waals surface area (Å²) < 4.78 is 17.9. The SMILES string of the molecule is CCOc1ccc(C2COc3c(c(C)cc4c3CCC(C)(C)O4)C2)c(O)c1. The highest BCUT2D eigenvalue weighted by molar-refractivity contribution is 5.57. The summed E-state index contributed by atoms with van der Waals surface area (Å²) in [6.45, 7) is 9.47. The number of aryl methyl sites for hydroxylation is 1. The third-order valence-corrected chi connectivity index (χ3v) is 5.66. The number of aromatic hydroxyl groups is 1. The summed E-state index contributed by atoms with van der Waals surface area (Å²) in [7, 11) is 0. The summed E-state index contributed by atoms with van der Waals surface area (Å²) in [6.07, 6.45) is 2.82. The molecule has 1 atom stereocenters. The van der Waals surface area contributed by atoms with Crippen LogP contribution in [0.2, 0.25) is 0 Å². The first-order valence-corrected chi connectivity index (χ1v) is 9.81. The van der Waals surface area contributed by atoms with E-state index in [1.807, 2.05) is 19.1 Å². The molecule has 0 aromatic heterocycles. The number of phenols is 1. The van der Waals surface area contributed by atoms with Crippen molar-refractivity contribution < 1.29 is 19.3 Å². The van der Waals surface area contributed by atoms with Gasteiger partial charge in [-0.2, -0.15) is 0 Å². The standard InChI is InChI=1S/C23H28O4/c1-5-25-16-6-7-17(20(24)12-16)15-11-19-14(2)10-21-18(22(19)26-13-15)8-9-23(3,4)27-21/h6-7,10,12,15,24H,5,8-9,11,13H2,1-4H3. The van der Waals surface area contributed by atoms with Gasteiger partial charge in [0.1, 0.15) is 28.6 Å². The summed E-state index contributed by atoms with van der Waals surface area (Å²) >= 11 is 0. The summed E-state index contributed by atoms with van der Waals surface area (Å²) in [5, 5.41) is 10.5. The van der Waals surface area contributed by atoms with Crippen LogP contribution in [0.5, 0.6) is 23.0 Å². The number of hydrogen-bond acceptors (Lipinski definition) is 4. The van der Waals surface area contributed by atoms with E-state index in [1.165, 1.54) is 16.7 Å². The van der Waals surface area contributed by atoms with Gasteiger partial charge in [-0.05, 0) is 70.2 Å². The molecule has 0 saturated carbocycles. The Labute approximate surface area is 161 Å². The Hall–Kier alpha value is -2.36. The number of ether oxygens (including phenoxy) is 3. The molecule has 0 saturated heterocycles. The average molecular weight is 368 g/mol. The van der Waals surface area contributed by atoms with Gasteiger partial charge in [0.2, 0.25) is 0 Å². The maximum atomic E-state index is 10.5. The van der Waals surface area contributed by atoms with Crippen LogP contribution in [0.25, 0.3) is 0 Å². The van der Waals surface area contributed by atoms with Crippen LogP contribution in [0.3, 0.4) is 0 Å². The molecule has 4 heteroatoms. The van der Waals surface area contributed by atoms with Crippen LogP contribution in [0.4, 0.5) is 0 Å². The molecule has 1 N–H and O–H groups in total. The maximum absolute atomic E-state index is 10.5. The van der Waals surface area contributed by atoms with Gasteiger partial charge < -0.3 is 19.3 Å². The molecule has 144 valence electrons. The molecule has 2 aliphatic heterocycles. The molecular weight excluding hydrogens is 340 g/mol. The molecule has 0 aliphatic carbocycles. The summed E-state index contributed by atoms with van der Waals surface area (Å²) in [6, 6.07) is 7.73. The Kier molecular flexibility index (Phi) is 4.45. The van der Waals surface area contributed by atoms with E-state index in [-0.39, 0.29) is 17.3 Å². The van der Waals surface area contributed by atoms with Crippen LogP contribution in [0, 0.1) is 6.92 Å². The lowest BCUT2D eigenvalue weighted by Gasteiger charge is -2.36. The van der Waals surface area contributed by atoms with Gasteiger partial charge in [-0.3, -0.25) is 0 Å². The van der Waals surface area contributed by atoms with E-state index in [4.69, 9.17) is 14.2 Å². The van der Waals surface area contributed by atoms with E-state index < -0.39 is 0 Å². The summed E-state index contributed by atoms with van der Waals surface area (Å²) in [5.41, 5.74) is 4.42. The van der Waals surface area contributed by atoms with E-state index in [0.717, 1.165) is 36.3 Å². The second kappa shape index (κ2) is 6.66. The van der Waals surface area contributed by atoms with Crippen LogP contribution in [0.15, 0.2) is 24.3 Å². The van der Waals surface area contributed by atoms with Crippen molar-refractivity contribution in [3.8, 4) is 23.0 Å². The quantitative estimate of drug-likeness (QED) is 0.835. The molecule has 0 spiro atoms. The fraction of sp³-hybridized carbons (Fsp3) is 0.478. The van der Waals surface area contributed by atoms with Gasteiger partial charge in [0, 0.05) is 23.1 Å². The molecule has 0 amide bonds. The van der Waals surface area contributed by atoms with Crippen molar-refractivity contribution in [2.24, 2.45) is 0 Å². The van der Waals surface area contributed by atoms with Gasteiger partial charge in [-0.1, -0.05) is 6.07 Å². The highest BCUT2D eigenvalue weighted by Crippen LogP contribution is 2.46. The maximum Gasteiger partial charge on any atom is 0.129 e. The first-order chi connectivity index (χ1) is 12.9. The van der Waals surface area contributed by atoms with Crippen molar-refractivity contribution in [1.29, 1.82) is 0 Å². The number of hydrogen-bond donors (Lipinski definition) is 1. The van der Waals surface area contributed by atoms with Crippen molar-refractivity contribution >= 4 is 0 Å². The third-order valence-electron chi connectivity index (χ3n) is 5.66. The van der Waals surface area contributed by atoms with E-state index in [2.05, 4.69) is 26.8 Å². The number of phenolic OH excluding ortho intramolecular Hbond substituents is 1. The molecule has 2 heterocycles. The van der Waals surface area contributed by atoms with E-state index in [0.29, 0.717) is 19.0 Å². The second-order valence-corrected chi connectivity index (χ2v) is 8.21. The molecule has 27 heavy (non-hydrogen) atoms. The van der Waals surface area contributed by atoms with Gasteiger partial charge in [0.25, 0.3) is 0 Å². The zero-order chi connectivity index (χ0) is 19.2. The molecule has 2 aromatic rings. The monoisotopic (exact) mass is 368 g/mol. The fourth-order valence-electron chi connectivity index (χ4n) is 4.19. The first-order valence-electron chi connectivity index (χ1n) is 9.81. The number of rotatable bonds is 3.